The van der Waals surface area contributed by atoms with Crippen LogP contribution in [0.25, 0.3) is 0 Å². The number of carbonyl (C=O) groups excluding carboxylic acids is 2. The van der Waals surface area contributed by atoms with E-state index in [0.29, 0.717) is 10.6 Å². The van der Waals surface area contributed by atoms with Gasteiger partial charge in [-0.3, -0.25) is 4.79 Å². The molecule has 0 aliphatic heterocycles. The van der Waals surface area contributed by atoms with Crippen molar-refractivity contribution < 1.29 is 27.5 Å². The third-order valence-electron chi connectivity index (χ3n) is 3.56. The van der Waals surface area contributed by atoms with Crippen molar-refractivity contribution in [1.82, 2.24) is 10.3 Å². The van der Waals surface area contributed by atoms with Crippen LogP contribution in [-0.2, 0) is 9.53 Å². The molecule has 0 aliphatic rings. The maximum Gasteiger partial charge on any atom is 0.441 e. The van der Waals surface area contributed by atoms with Crippen LogP contribution in [0.4, 0.5) is 19.0 Å². The Kier molecular flexibility index (Phi) is 5.94. The zero-order valence-electron chi connectivity index (χ0n) is 14.2. The van der Waals surface area contributed by atoms with Gasteiger partial charge in [-0.05, 0) is 48.9 Å². The first-order valence-corrected chi connectivity index (χ1v) is 7.91. The summed E-state index contributed by atoms with van der Waals surface area (Å²) < 4.78 is 46.1. The Morgan fingerprint density at radius 3 is 2.30 bits per heavy atom. The Balaban J connectivity index is 2.48. The molecule has 0 bridgehead atoms. The van der Waals surface area contributed by atoms with Crippen molar-refractivity contribution in [2.75, 3.05) is 12.4 Å². The summed E-state index contributed by atoms with van der Waals surface area (Å²) in [5, 5.41) is 3.95. The lowest BCUT2D eigenvalue weighted by Crippen LogP contribution is -2.69. The summed E-state index contributed by atoms with van der Waals surface area (Å²) in [5.41, 5.74) is -3.08. The van der Waals surface area contributed by atoms with Crippen molar-refractivity contribution in [3.8, 4) is 0 Å². The highest BCUT2D eigenvalue weighted by molar-refractivity contribution is 6.30. The number of amides is 1. The van der Waals surface area contributed by atoms with Crippen LogP contribution in [0.1, 0.15) is 15.9 Å². The average Bonchev–Trinajstić information content (AvgIpc) is 2.60. The van der Waals surface area contributed by atoms with Gasteiger partial charge >= 0.3 is 17.8 Å². The second-order valence-corrected chi connectivity index (χ2v) is 5.98. The van der Waals surface area contributed by atoms with E-state index in [-0.39, 0.29) is 11.4 Å². The molecule has 2 N–H and O–H groups in total. The summed E-state index contributed by atoms with van der Waals surface area (Å²) in [6, 6.07) is 7.96. The fourth-order valence-electron chi connectivity index (χ4n) is 2.18. The number of anilines is 1. The summed E-state index contributed by atoms with van der Waals surface area (Å²) in [6.07, 6.45) is -3.98. The van der Waals surface area contributed by atoms with Crippen LogP contribution in [0.15, 0.2) is 42.6 Å². The molecule has 1 aromatic carbocycles. The standard InChI is InChI=1S/C17H15ClF3N3O3/c1-10-7-8-22-13(9-10)23-16(15(26)27-2,17(19,20)21)24-14(25)11-3-5-12(18)6-4-11/h3-9H,1-2H3,(H,22,23)(H,24,25). The van der Waals surface area contributed by atoms with Gasteiger partial charge in [-0.25, -0.2) is 9.78 Å². The van der Waals surface area contributed by atoms with Gasteiger partial charge in [-0.15, -0.1) is 0 Å². The molecular formula is C17H15ClF3N3O3. The number of nitrogens with one attached hydrogen (secondary N) is 2. The number of ether oxygens (including phenoxy) is 1. The maximum absolute atomic E-state index is 13.9. The SMILES string of the molecule is COC(=O)C(NC(=O)c1ccc(Cl)cc1)(Nc1cc(C)ccn1)C(F)(F)F. The molecule has 27 heavy (non-hydrogen) atoms. The highest BCUT2D eigenvalue weighted by Crippen LogP contribution is 2.33. The average molecular weight is 402 g/mol. The van der Waals surface area contributed by atoms with Crippen LogP contribution >= 0.6 is 11.6 Å². The van der Waals surface area contributed by atoms with Crippen LogP contribution < -0.4 is 10.6 Å². The third kappa shape index (κ3) is 4.48. The number of carbonyl (C=O) groups is 2. The molecule has 1 atom stereocenters. The quantitative estimate of drug-likeness (QED) is 0.593. The zero-order valence-corrected chi connectivity index (χ0v) is 15.0. The van der Waals surface area contributed by atoms with Crippen molar-refractivity contribution in [3.63, 3.8) is 0 Å². The van der Waals surface area contributed by atoms with Gasteiger partial charge in [-0.2, -0.15) is 13.2 Å². The number of hydrogen-bond donors (Lipinski definition) is 2. The predicted octanol–water partition coefficient (Wildman–Crippen LogP) is 3.32. The number of aryl methyl sites for hydroxylation is 1. The number of rotatable bonds is 5. The van der Waals surface area contributed by atoms with Gasteiger partial charge in [0.1, 0.15) is 5.82 Å². The lowest BCUT2D eigenvalue weighted by Gasteiger charge is -2.34. The lowest BCUT2D eigenvalue weighted by atomic mass is 10.1. The summed E-state index contributed by atoms with van der Waals surface area (Å²) in [7, 11) is 0.780. The zero-order chi connectivity index (χ0) is 20.2. The number of aromatic nitrogens is 1. The molecule has 1 heterocycles. The molecule has 0 saturated carbocycles. The molecule has 1 aromatic heterocycles. The fraction of sp³-hybridized carbons (Fsp3) is 0.235. The molecule has 0 fully saturated rings. The molecule has 0 spiro atoms. The third-order valence-corrected chi connectivity index (χ3v) is 3.81. The van der Waals surface area contributed by atoms with Crippen LogP contribution in [0.3, 0.4) is 0 Å². The monoisotopic (exact) mass is 401 g/mol. The van der Waals surface area contributed by atoms with Crippen LogP contribution in [0.5, 0.6) is 0 Å². The number of alkyl halides is 3. The molecule has 1 amide bonds. The molecule has 0 aliphatic carbocycles. The Bertz CT molecular complexity index is 843. The maximum atomic E-state index is 13.9. The Morgan fingerprint density at radius 1 is 1.15 bits per heavy atom. The number of pyridine rings is 1. The second kappa shape index (κ2) is 7.83. The summed E-state index contributed by atoms with van der Waals surface area (Å²) in [5.74, 6) is -3.18. The topological polar surface area (TPSA) is 80.3 Å². The van der Waals surface area contributed by atoms with Gasteiger partial charge in [0, 0.05) is 16.8 Å². The molecule has 10 heteroatoms. The van der Waals surface area contributed by atoms with Gasteiger partial charge in [0.05, 0.1) is 7.11 Å². The number of nitrogens with zero attached hydrogens (tertiary/aromatic N) is 1. The van der Waals surface area contributed by atoms with Crippen molar-refractivity contribution in [2.45, 2.75) is 18.8 Å². The normalized spacial score (nSPS) is 13.4. The number of halogens is 4. The van der Waals surface area contributed by atoms with E-state index in [1.54, 1.807) is 18.3 Å². The second-order valence-electron chi connectivity index (χ2n) is 5.54. The smallest absolute Gasteiger partial charge is 0.441 e. The van der Waals surface area contributed by atoms with Gasteiger partial charge in [-0.1, -0.05) is 11.6 Å². The largest absolute Gasteiger partial charge is 0.466 e. The van der Waals surface area contributed by atoms with Gasteiger partial charge in [0.15, 0.2) is 0 Å². The van der Waals surface area contributed by atoms with Crippen molar-refractivity contribution in [2.24, 2.45) is 0 Å². The first kappa shape index (κ1) is 20.5. The minimum atomic E-state index is -5.24. The molecule has 6 nitrogen and oxygen atoms in total. The summed E-state index contributed by atoms with van der Waals surface area (Å²) in [6.45, 7) is 1.63. The van der Waals surface area contributed by atoms with Crippen LogP contribution in [0.2, 0.25) is 5.02 Å². The van der Waals surface area contributed by atoms with E-state index in [2.05, 4.69) is 9.72 Å². The van der Waals surface area contributed by atoms with Gasteiger partial charge < -0.3 is 15.4 Å². The van der Waals surface area contributed by atoms with E-state index in [0.717, 1.165) is 7.11 Å². The van der Waals surface area contributed by atoms with E-state index in [4.69, 9.17) is 11.6 Å². The predicted molar refractivity (Wildman–Crippen MR) is 92.3 cm³/mol. The van der Waals surface area contributed by atoms with E-state index in [9.17, 15) is 22.8 Å². The molecule has 0 saturated heterocycles. The van der Waals surface area contributed by atoms with Crippen LogP contribution in [0, 0.1) is 6.92 Å². The van der Waals surface area contributed by atoms with Crippen molar-refractivity contribution in [3.05, 3.63) is 58.7 Å². The lowest BCUT2D eigenvalue weighted by molar-refractivity contribution is -0.203. The first-order chi connectivity index (χ1) is 12.6. The van der Waals surface area contributed by atoms with Gasteiger partial charge in [0.25, 0.3) is 5.91 Å². The molecule has 144 valence electrons. The minimum absolute atomic E-state index is 0.129. The van der Waals surface area contributed by atoms with Gasteiger partial charge in [0.2, 0.25) is 0 Å². The summed E-state index contributed by atoms with van der Waals surface area (Å²) >= 11 is 5.71. The fourth-order valence-corrected chi connectivity index (χ4v) is 2.31. The molecule has 0 radical (unpaired) electrons. The molecule has 1 unspecified atom stereocenters. The molecular weight excluding hydrogens is 387 g/mol. The highest BCUT2D eigenvalue weighted by atomic mass is 35.5. The van der Waals surface area contributed by atoms with E-state index in [1.807, 2.05) is 5.32 Å². The Morgan fingerprint density at radius 2 is 1.78 bits per heavy atom. The van der Waals surface area contributed by atoms with E-state index < -0.39 is 23.7 Å². The summed E-state index contributed by atoms with van der Waals surface area (Å²) in [4.78, 5) is 28.3. The molecule has 2 aromatic rings. The van der Waals surface area contributed by atoms with E-state index >= 15 is 0 Å². The van der Waals surface area contributed by atoms with Crippen LogP contribution in [-0.4, -0.2) is 35.8 Å². The Hall–Kier alpha value is -2.81. The van der Waals surface area contributed by atoms with E-state index in [1.165, 1.54) is 36.5 Å². The number of hydrogen-bond acceptors (Lipinski definition) is 5. The Labute approximate surface area is 157 Å². The first-order valence-electron chi connectivity index (χ1n) is 7.53. The number of esters is 1. The van der Waals surface area contributed by atoms with Crippen molar-refractivity contribution in [1.29, 1.82) is 0 Å². The molecule has 2 rings (SSSR count). The number of methoxy groups -OCH3 is 1. The van der Waals surface area contributed by atoms with Crippen molar-refractivity contribution >= 4 is 29.3 Å². The number of benzene rings is 1. The highest BCUT2D eigenvalue weighted by Gasteiger charge is 2.63. The minimum Gasteiger partial charge on any atom is -0.466 e.